The summed E-state index contributed by atoms with van der Waals surface area (Å²) in [5.41, 5.74) is 1.70. The Morgan fingerprint density at radius 2 is 1.95 bits per heavy atom. The van der Waals surface area contributed by atoms with Crippen LogP contribution < -0.4 is 10.9 Å². The third kappa shape index (κ3) is 2.10. The van der Waals surface area contributed by atoms with Crippen molar-refractivity contribution in [3.05, 3.63) is 64.7 Å². The molecule has 0 amide bonds. The zero-order valence-electron chi connectivity index (χ0n) is 11.6. The zero-order chi connectivity index (χ0) is 14.9. The van der Waals surface area contributed by atoms with Crippen LogP contribution >= 0.6 is 0 Å². The molecule has 3 N–H and O–H groups in total. The van der Waals surface area contributed by atoms with Crippen molar-refractivity contribution in [3.63, 3.8) is 0 Å². The van der Waals surface area contributed by atoms with E-state index in [0.717, 1.165) is 5.56 Å². The van der Waals surface area contributed by atoms with Crippen LogP contribution in [0.2, 0.25) is 0 Å². The van der Waals surface area contributed by atoms with E-state index in [0.29, 0.717) is 23.7 Å². The number of hydrogen-bond donors (Lipinski definition) is 3. The fourth-order valence-corrected chi connectivity index (χ4v) is 2.55. The van der Waals surface area contributed by atoms with Crippen molar-refractivity contribution >= 4 is 27.9 Å². The van der Waals surface area contributed by atoms with Crippen LogP contribution in [0.1, 0.15) is 5.56 Å². The van der Waals surface area contributed by atoms with Crippen LogP contribution in [0, 0.1) is 0 Å². The van der Waals surface area contributed by atoms with E-state index < -0.39 is 0 Å². The van der Waals surface area contributed by atoms with E-state index in [1.54, 1.807) is 0 Å². The van der Waals surface area contributed by atoms with Gasteiger partial charge in [0.25, 0.3) is 5.56 Å². The molecule has 4 aromatic rings. The lowest BCUT2D eigenvalue weighted by atomic mass is 10.0. The number of rotatable bonds is 3. The third-order valence-corrected chi connectivity index (χ3v) is 3.62. The molecule has 0 aliphatic rings. The lowest BCUT2D eigenvalue weighted by molar-refractivity contribution is 1.06. The average molecular weight is 291 g/mol. The first-order chi connectivity index (χ1) is 10.8. The first-order valence-corrected chi connectivity index (χ1v) is 6.95. The summed E-state index contributed by atoms with van der Waals surface area (Å²) in [4.78, 5) is 25.7. The van der Waals surface area contributed by atoms with Gasteiger partial charge < -0.3 is 10.3 Å². The van der Waals surface area contributed by atoms with E-state index in [9.17, 15) is 4.79 Å². The number of nitrogens with one attached hydrogen (secondary N) is 3. The Morgan fingerprint density at radius 1 is 1.09 bits per heavy atom. The number of hydrogen-bond acceptors (Lipinski definition) is 4. The van der Waals surface area contributed by atoms with Crippen LogP contribution in [0.3, 0.4) is 0 Å². The summed E-state index contributed by atoms with van der Waals surface area (Å²) in [6, 6.07) is 14.3. The molecule has 2 aromatic heterocycles. The minimum atomic E-state index is -0.233. The molecule has 108 valence electrons. The molecule has 4 rings (SSSR count). The fourth-order valence-electron chi connectivity index (χ4n) is 2.55. The molecule has 0 spiro atoms. The van der Waals surface area contributed by atoms with Crippen molar-refractivity contribution in [2.45, 2.75) is 6.54 Å². The summed E-state index contributed by atoms with van der Waals surface area (Å²) in [7, 11) is 0. The summed E-state index contributed by atoms with van der Waals surface area (Å²) in [6.45, 7) is 0.570. The molecule has 0 aliphatic heterocycles. The van der Waals surface area contributed by atoms with E-state index in [-0.39, 0.29) is 5.56 Å². The van der Waals surface area contributed by atoms with Gasteiger partial charge in [-0.1, -0.05) is 42.5 Å². The van der Waals surface area contributed by atoms with Crippen LogP contribution in [0.25, 0.3) is 21.9 Å². The number of nitrogens with zero attached hydrogens (tertiary/aromatic N) is 2. The van der Waals surface area contributed by atoms with Crippen molar-refractivity contribution in [1.29, 1.82) is 0 Å². The van der Waals surface area contributed by atoms with E-state index in [2.05, 4.69) is 49.5 Å². The van der Waals surface area contributed by atoms with Crippen molar-refractivity contribution in [3.8, 4) is 0 Å². The summed E-state index contributed by atoms with van der Waals surface area (Å²) in [5, 5.41) is 5.52. The van der Waals surface area contributed by atoms with Crippen LogP contribution in [0.4, 0.5) is 5.95 Å². The van der Waals surface area contributed by atoms with Gasteiger partial charge in [0.05, 0.1) is 6.33 Å². The molecule has 0 fully saturated rings. The SMILES string of the molecule is O=c1[nH]c(NCc2cccc3ccccc23)nc2nc[nH]c12. The molecule has 6 heteroatoms. The van der Waals surface area contributed by atoms with Crippen molar-refractivity contribution < 1.29 is 0 Å². The van der Waals surface area contributed by atoms with Crippen LogP contribution in [0.15, 0.2) is 53.6 Å². The fraction of sp³-hybridized carbons (Fsp3) is 0.0625. The Balaban J connectivity index is 1.67. The molecule has 2 heterocycles. The molecular weight excluding hydrogens is 278 g/mol. The first kappa shape index (κ1) is 12.6. The maximum atomic E-state index is 11.9. The number of imidazole rings is 1. The van der Waals surface area contributed by atoms with Crippen LogP contribution in [-0.2, 0) is 6.54 Å². The highest BCUT2D eigenvalue weighted by Crippen LogP contribution is 2.19. The molecule has 0 bridgehead atoms. The van der Waals surface area contributed by atoms with Crippen LogP contribution in [-0.4, -0.2) is 19.9 Å². The van der Waals surface area contributed by atoms with E-state index in [1.807, 2.05) is 18.2 Å². The van der Waals surface area contributed by atoms with Gasteiger partial charge in [0.1, 0.15) is 0 Å². The van der Waals surface area contributed by atoms with E-state index in [4.69, 9.17) is 0 Å². The number of H-pyrrole nitrogens is 2. The number of anilines is 1. The van der Waals surface area contributed by atoms with Gasteiger partial charge in [-0.05, 0) is 16.3 Å². The highest BCUT2D eigenvalue weighted by molar-refractivity contribution is 5.85. The monoisotopic (exact) mass is 291 g/mol. The van der Waals surface area contributed by atoms with Crippen molar-refractivity contribution in [2.24, 2.45) is 0 Å². The Morgan fingerprint density at radius 3 is 2.91 bits per heavy atom. The Bertz CT molecular complexity index is 1010. The van der Waals surface area contributed by atoms with Gasteiger partial charge >= 0.3 is 0 Å². The Kier molecular flexibility index (Phi) is 2.86. The summed E-state index contributed by atoms with van der Waals surface area (Å²) in [5.74, 6) is 0.414. The number of aromatic amines is 2. The summed E-state index contributed by atoms with van der Waals surface area (Å²) >= 11 is 0. The molecule has 22 heavy (non-hydrogen) atoms. The third-order valence-electron chi connectivity index (χ3n) is 3.62. The van der Waals surface area contributed by atoms with Gasteiger partial charge in [-0.2, -0.15) is 4.98 Å². The zero-order valence-corrected chi connectivity index (χ0v) is 11.6. The molecule has 0 aliphatic carbocycles. The van der Waals surface area contributed by atoms with Gasteiger partial charge in [0, 0.05) is 6.54 Å². The van der Waals surface area contributed by atoms with Crippen LogP contribution in [0.5, 0.6) is 0 Å². The molecule has 6 nitrogen and oxygen atoms in total. The van der Waals surface area contributed by atoms with Gasteiger partial charge in [0.15, 0.2) is 11.2 Å². The standard InChI is InChI=1S/C16H13N5O/c22-15-13-14(19-9-18-13)20-16(21-15)17-8-11-6-3-5-10-4-1-2-7-12(10)11/h1-7,9H,8H2,(H3,17,18,19,20,21,22). The molecule has 0 radical (unpaired) electrons. The number of benzene rings is 2. The maximum absolute atomic E-state index is 11.9. The summed E-state index contributed by atoms with van der Waals surface area (Å²) in [6.07, 6.45) is 1.46. The summed E-state index contributed by atoms with van der Waals surface area (Å²) < 4.78 is 0. The quantitative estimate of drug-likeness (QED) is 0.541. The van der Waals surface area contributed by atoms with Crippen molar-refractivity contribution in [1.82, 2.24) is 19.9 Å². The predicted octanol–water partition coefficient (Wildman–Crippen LogP) is 2.41. The average Bonchev–Trinajstić information content (AvgIpc) is 3.02. The highest BCUT2D eigenvalue weighted by Gasteiger charge is 2.06. The maximum Gasteiger partial charge on any atom is 0.278 e. The second kappa shape index (κ2) is 5.00. The minimum Gasteiger partial charge on any atom is -0.352 e. The second-order valence-electron chi connectivity index (χ2n) is 5.01. The lowest BCUT2D eigenvalue weighted by Crippen LogP contribution is -2.13. The van der Waals surface area contributed by atoms with Gasteiger partial charge in [-0.15, -0.1) is 0 Å². The molecule has 2 aromatic carbocycles. The number of aromatic nitrogens is 4. The number of fused-ring (bicyclic) bond motifs is 2. The molecule has 0 unspecified atom stereocenters. The molecule has 0 atom stereocenters. The molecule has 0 saturated carbocycles. The second-order valence-corrected chi connectivity index (χ2v) is 5.01. The lowest BCUT2D eigenvalue weighted by Gasteiger charge is -2.08. The minimum absolute atomic E-state index is 0.233. The molecule has 0 saturated heterocycles. The largest absolute Gasteiger partial charge is 0.352 e. The Hall–Kier alpha value is -3.15. The smallest absolute Gasteiger partial charge is 0.278 e. The van der Waals surface area contributed by atoms with E-state index in [1.165, 1.54) is 17.1 Å². The van der Waals surface area contributed by atoms with Gasteiger partial charge in [-0.25, -0.2) is 4.98 Å². The highest BCUT2D eigenvalue weighted by atomic mass is 16.1. The van der Waals surface area contributed by atoms with Gasteiger partial charge in [0.2, 0.25) is 5.95 Å². The van der Waals surface area contributed by atoms with Gasteiger partial charge in [-0.3, -0.25) is 9.78 Å². The Labute approximate surface area is 125 Å². The normalized spacial score (nSPS) is 11.1. The van der Waals surface area contributed by atoms with E-state index >= 15 is 0 Å². The predicted molar refractivity (Wildman–Crippen MR) is 85.8 cm³/mol. The topological polar surface area (TPSA) is 86.5 Å². The van der Waals surface area contributed by atoms with Crippen molar-refractivity contribution in [2.75, 3.05) is 5.32 Å². The first-order valence-electron chi connectivity index (χ1n) is 6.95. The molecular formula is C16H13N5O.